The highest BCUT2D eigenvalue weighted by atomic mass is 32.1. The van der Waals surface area contributed by atoms with E-state index < -0.39 is 0 Å². The Morgan fingerprint density at radius 2 is 2.00 bits per heavy atom. The summed E-state index contributed by atoms with van der Waals surface area (Å²) in [6.07, 6.45) is 0. The molecule has 1 N–H and O–H groups in total. The molecule has 2 aliphatic heterocycles. The SMILES string of the molecule is CC(C)C(c1cccs1)N1C[C@H]2CNC[C@H]2C1. The molecule has 3 heteroatoms. The Labute approximate surface area is 108 Å². The molecule has 2 fully saturated rings. The smallest absolute Gasteiger partial charge is 0.0464 e. The van der Waals surface area contributed by atoms with Gasteiger partial charge in [0.2, 0.25) is 0 Å². The first-order valence-electron chi connectivity index (χ1n) is 6.74. The highest BCUT2D eigenvalue weighted by Gasteiger charge is 2.39. The summed E-state index contributed by atoms with van der Waals surface area (Å²) in [4.78, 5) is 4.28. The van der Waals surface area contributed by atoms with Crippen molar-refractivity contribution in [2.45, 2.75) is 19.9 Å². The Bertz CT molecular complexity index is 348. The zero-order valence-electron chi connectivity index (χ0n) is 10.7. The van der Waals surface area contributed by atoms with Crippen LogP contribution in [0.4, 0.5) is 0 Å². The van der Waals surface area contributed by atoms with Crippen LogP contribution in [0.25, 0.3) is 0 Å². The lowest BCUT2D eigenvalue weighted by atomic mass is 10.0. The van der Waals surface area contributed by atoms with E-state index >= 15 is 0 Å². The summed E-state index contributed by atoms with van der Waals surface area (Å²) < 4.78 is 0. The third-order valence-electron chi connectivity index (χ3n) is 4.28. The van der Waals surface area contributed by atoms with Crippen LogP contribution in [-0.4, -0.2) is 31.1 Å². The van der Waals surface area contributed by atoms with Crippen molar-refractivity contribution in [3.63, 3.8) is 0 Å². The monoisotopic (exact) mass is 250 g/mol. The molecular weight excluding hydrogens is 228 g/mol. The standard InChI is InChI=1S/C14H22N2S/c1-10(2)14(13-4-3-5-17-13)16-8-11-6-15-7-12(11)9-16/h3-5,10-12,14-15H,6-9H2,1-2H3/t11-,12+,14?. The van der Waals surface area contributed by atoms with Gasteiger partial charge in [-0.25, -0.2) is 0 Å². The quantitative estimate of drug-likeness (QED) is 0.887. The summed E-state index contributed by atoms with van der Waals surface area (Å²) in [6, 6.07) is 5.13. The van der Waals surface area contributed by atoms with Crippen molar-refractivity contribution in [3.8, 4) is 0 Å². The number of fused-ring (bicyclic) bond motifs is 1. The molecule has 2 saturated heterocycles. The normalized spacial score (nSPS) is 31.0. The van der Waals surface area contributed by atoms with E-state index in [0.717, 1.165) is 11.8 Å². The summed E-state index contributed by atoms with van der Waals surface area (Å²) in [5.41, 5.74) is 0. The lowest BCUT2D eigenvalue weighted by Crippen LogP contribution is -2.32. The maximum absolute atomic E-state index is 3.52. The molecule has 0 aromatic carbocycles. The summed E-state index contributed by atoms with van der Waals surface area (Å²) in [7, 11) is 0. The molecule has 1 aromatic heterocycles. The fourth-order valence-corrected chi connectivity index (χ4v) is 4.54. The van der Waals surface area contributed by atoms with Crippen LogP contribution >= 0.6 is 11.3 Å². The van der Waals surface area contributed by atoms with E-state index in [1.54, 1.807) is 4.88 Å². The van der Waals surface area contributed by atoms with Gasteiger partial charge < -0.3 is 5.32 Å². The Kier molecular flexibility index (Phi) is 3.24. The second kappa shape index (κ2) is 4.71. The predicted molar refractivity (Wildman–Crippen MR) is 73.3 cm³/mol. The summed E-state index contributed by atoms with van der Waals surface area (Å²) in [6.45, 7) is 9.76. The molecule has 2 nitrogen and oxygen atoms in total. The summed E-state index contributed by atoms with van der Waals surface area (Å²) in [5.74, 6) is 2.51. The fourth-order valence-electron chi connectivity index (χ4n) is 3.51. The molecule has 0 radical (unpaired) electrons. The average molecular weight is 250 g/mol. The van der Waals surface area contributed by atoms with Gasteiger partial charge in [0.15, 0.2) is 0 Å². The zero-order chi connectivity index (χ0) is 11.8. The minimum absolute atomic E-state index is 0.639. The Morgan fingerprint density at radius 3 is 2.53 bits per heavy atom. The molecule has 2 aliphatic rings. The van der Waals surface area contributed by atoms with Crippen molar-refractivity contribution < 1.29 is 0 Å². The van der Waals surface area contributed by atoms with Crippen LogP contribution < -0.4 is 5.32 Å². The van der Waals surface area contributed by atoms with Crippen molar-refractivity contribution in [3.05, 3.63) is 22.4 Å². The number of thiophene rings is 1. The molecule has 3 heterocycles. The van der Waals surface area contributed by atoms with E-state index in [1.807, 2.05) is 11.3 Å². The molecule has 3 atom stereocenters. The highest BCUT2D eigenvalue weighted by Crippen LogP contribution is 2.38. The van der Waals surface area contributed by atoms with Crippen molar-refractivity contribution in [2.24, 2.45) is 17.8 Å². The van der Waals surface area contributed by atoms with Crippen molar-refractivity contribution in [1.82, 2.24) is 10.2 Å². The van der Waals surface area contributed by atoms with Crippen LogP contribution in [0.5, 0.6) is 0 Å². The number of nitrogens with zero attached hydrogens (tertiary/aromatic N) is 1. The van der Waals surface area contributed by atoms with Gasteiger partial charge >= 0.3 is 0 Å². The number of nitrogens with one attached hydrogen (secondary N) is 1. The average Bonchev–Trinajstić information content (AvgIpc) is 2.91. The maximum Gasteiger partial charge on any atom is 0.0464 e. The van der Waals surface area contributed by atoms with Crippen molar-refractivity contribution in [2.75, 3.05) is 26.2 Å². The van der Waals surface area contributed by atoms with E-state index in [4.69, 9.17) is 0 Å². The first kappa shape index (κ1) is 11.7. The van der Waals surface area contributed by atoms with Crippen LogP contribution in [0.3, 0.4) is 0 Å². The first-order valence-corrected chi connectivity index (χ1v) is 7.62. The van der Waals surface area contributed by atoms with E-state index in [2.05, 4.69) is 41.6 Å². The Morgan fingerprint density at radius 1 is 1.29 bits per heavy atom. The predicted octanol–water partition coefficient (Wildman–Crippen LogP) is 2.60. The van der Waals surface area contributed by atoms with Crippen molar-refractivity contribution in [1.29, 1.82) is 0 Å². The lowest BCUT2D eigenvalue weighted by Gasteiger charge is -2.31. The number of hydrogen-bond acceptors (Lipinski definition) is 3. The second-order valence-electron chi connectivity index (χ2n) is 5.84. The Hall–Kier alpha value is -0.380. The van der Waals surface area contributed by atoms with Gasteiger partial charge in [0.1, 0.15) is 0 Å². The van der Waals surface area contributed by atoms with Gasteiger partial charge in [-0.2, -0.15) is 0 Å². The van der Waals surface area contributed by atoms with Crippen LogP contribution in [0.2, 0.25) is 0 Å². The van der Waals surface area contributed by atoms with Crippen LogP contribution in [0.1, 0.15) is 24.8 Å². The minimum atomic E-state index is 0.639. The third-order valence-corrected chi connectivity index (χ3v) is 5.22. The maximum atomic E-state index is 3.52. The van der Waals surface area contributed by atoms with Gasteiger partial charge in [0.25, 0.3) is 0 Å². The number of rotatable bonds is 3. The summed E-state index contributed by atoms with van der Waals surface area (Å²) >= 11 is 1.92. The number of likely N-dealkylation sites (tertiary alicyclic amines) is 1. The molecule has 0 spiro atoms. The van der Waals surface area contributed by atoms with Crippen LogP contribution in [0.15, 0.2) is 17.5 Å². The van der Waals surface area contributed by atoms with Gasteiger partial charge in [-0.05, 0) is 42.3 Å². The first-order chi connectivity index (χ1) is 8.25. The van der Waals surface area contributed by atoms with Gasteiger partial charge in [-0.3, -0.25) is 4.90 Å². The molecule has 17 heavy (non-hydrogen) atoms. The van der Waals surface area contributed by atoms with Crippen LogP contribution in [-0.2, 0) is 0 Å². The molecule has 0 amide bonds. The third kappa shape index (κ3) is 2.16. The van der Waals surface area contributed by atoms with Gasteiger partial charge in [-0.1, -0.05) is 19.9 Å². The molecule has 94 valence electrons. The zero-order valence-corrected chi connectivity index (χ0v) is 11.5. The van der Waals surface area contributed by atoms with E-state index in [-0.39, 0.29) is 0 Å². The number of hydrogen-bond donors (Lipinski definition) is 1. The van der Waals surface area contributed by atoms with Crippen molar-refractivity contribution >= 4 is 11.3 Å². The van der Waals surface area contributed by atoms with Gasteiger partial charge in [-0.15, -0.1) is 11.3 Å². The highest BCUT2D eigenvalue weighted by molar-refractivity contribution is 7.10. The molecule has 0 saturated carbocycles. The van der Waals surface area contributed by atoms with Gasteiger partial charge in [0, 0.05) is 24.0 Å². The van der Waals surface area contributed by atoms with E-state index in [9.17, 15) is 0 Å². The van der Waals surface area contributed by atoms with Gasteiger partial charge in [0.05, 0.1) is 0 Å². The molecule has 0 bridgehead atoms. The molecule has 0 aliphatic carbocycles. The van der Waals surface area contributed by atoms with Crippen LogP contribution in [0, 0.1) is 17.8 Å². The molecule has 3 rings (SSSR count). The minimum Gasteiger partial charge on any atom is -0.316 e. The molecule has 1 unspecified atom stereocenters. The molecule has 1 aromatic rings. The fraction of sp³-hybridized carbons (Fsp3) is 0.714. The lowest BCUT2D eigenvalue weighted by molar-refractivity contribution is 0.183. The largest absolute Gasteiger partial charge is 0.316 e. The second-order valence-corrected chi connectivity index (χ2v) is 6.82. The summed E-state index contributed by atoms with van der Waals surface area (Å²) in [5, 5.41) is 5.74. The van der Waals surface area contributed by atoms with E-state index in [0.29, 0.717) is 12.0 Å². The molecular formula is C14H22N2S. The van der Waals surface area contributed by atoms with E-state index in [1.165, 1.54) is 26.2 Å². The topological polar surface area (TPSA) is 15.3 Å². The Balaban J connectivity index is 1.77.